The van der Waals surface area contributed by atoms with Gasteiger partial charge in [-0.1, -0.05) is 6.08 Å². The SMILES string of the molecule is Cc1nc2c(F)cc(C3=NC(NC4C=CC(OC5CCN(C(C)C)CC5)C=N4)=NCC3F)cc2n1C(C)C. The van der Waals surface area contributed by atoms with E-state index in [2.05, 4.69) is 44.0 Å². The number of alkyl halides is 1. The minimum absolute atomic E-state index is 0.0829. The van der Waals surface area contributed by atoms with Gasteiger partial charge in [-0.15, -0.1) is 0 Å². The molecular weight excluding hydrogens is 488 g/mol. The van der Waals surface area contributed by atoms with Crippen LogP contribution in [0.15, 0.2) is 39.3 Å². The number of rotatable bonds is 6. The maximum atomic E-state index is 15.0. The van der Waals surface area contributed by atoms with Gasteiger partial charge >= 0.3 is 0 Å². The number of ether oxygens (including phenoxy) is 1. The Kier molecular flexibility index (Phi) is 7.72. The number of piperidine rings is 1. The van der Waals surface area contributed by atoms with Crippen LogP contribution in [0, 0.1) is 12.7 Å². The number of hydrogen-bond acceptors (Lipinski definition) is 7. The molecule has 1 N–H and O–H groups in total. The minimum Gasteiger partial charge on any atom is -0.365 e. The van der Waals surface area contributed by atoms with Crippen molar-refractivity contribution in [1.82, 2.24) is 19.8 Å². The summed E-state index contributed by atoms with van der Waals surface area (Å²) in [6.07, 6.45) is 5.93. The zero-order chi connectivity index (χ0) is 27.0. The Morgan fingerprint density at radius 2 is 1.84 bits per heavy atom. The Bertz CT molecular complexity index is 1270. The summed E-state index contributed by atoms with van der Waals surface area (Å²) in [4.78, 5) is 20.1. The number of benzene rings is 1. The highest BCUT2D eigenvalue weighted by molar-refractivity contribution is 6.12. The highest BCUT2D eigenvalue weighted by Crippen LogP contribution is 2.26. The Labute approximate surface area is 222 Å². The van der Waals surface area contributed by atoms with Gasteiger partial charge in [0.25, 0.3) is 0 Å². The minimum atomic E-state index is -1.43. The number of imidazole rings is 1. The highest BCUT2D eigenvalue weighted by Gasteiger charge is 2.27. The number of nitrogens with one attached hydrogen (secondary N) is 1. The number of nitrogens with zero attached hydrogens (tertiary/aromatic N) is 6. The van der Waals surface area contributed by atoms with E-state index in [4.69, 9.17) is 4.74 Å². The Morgan fingerprint density at radius 3 is 2.50 bits per heavy atom. The number of aryl methyl sites for hydroxylation is 1. The predicted octanol–water partition coefficient (Wildman–Crippen LogP) is 4.38. The van der Waals surface area contributed by atoms with Gasteiger partial charge in [0.1, 0.15) is 23.6 Å². The maximum Gasteiger partial charge on any atom is 0.220 e. The highest BCUT2D eigenvalue weighted by atomic mass is 19.1. The molecule has 1 aromatic heterocycles. The molecule has 2 aromatic rings. The van der Waals surface area contributed by atoms with Gasteiger partial charge in [-0.25, -0.2) is 23.7 Å². The van der Waals surface area contributed by atoms with Crippen LogP contribution < -0.4 is 5.32 Å². The molecule has 1 fully saturated rings. The summed E-state index contributed by atoms with van der Waals surface area (Å²) in [6.45, 7) is 12.3. The summed E-state index contributed by atoms with van der Waals surface area (Å²) in [5.74, 6) is 0.491. The van der Waals surface area contributed by atoms with Crippen LogP contribution in [0.25, 0.3) is 11.0 Å². The number of hydrogen-bond donors (Lipinski definition) is 1. The molecule has 5 rings (SSSR count). The molecule has 8 nitrogen and oxygen atoms in total. The van der Waals surface area contributed by atoms with Crippen LogP contribution >= 0.6 is 0 Å². The standard InChI is InChI=1S/C28H37F2N7O/c1-16(2)36-10-8-20(9-11-36)38-21-6-7-25(31-14-21)34-28-32-15-23(30)26(35-28)19-12-22(29)27-24(13-19)37(17(3)4)18(5)33-27/h6-7,12-14,16-17,20-21,23,25H,8-11,15H2,1-5H3,(H,32,34). The fourth-order valence-electron chi connectivity index (χ4n) is 5.40. The van der Waals surface area contributed by atoms with E-state index in [0.29, 0.717) is 22.9 Å². The molecule has 3 aliphatic rings. The Hall–Kier alpha value is -2.98. The smallest absolute Gasteiger partial charge is 0.220 e. The first kappa shape index (κ1) is 26.6. The third-order valence-corrected chi connectivity index (χ3v) is 7.37. The first-order chi connectivity index (χ1) is 18.2. The number of likely N-dealkylation sites (tertiary alicyclic amines) is 1. The van der Waals surface area contributed by atoms with E-state index in [-0.39, 0.29) is 48.1 Å². The summed E-state index contributed by atoms with van der Waals surface area (Å²) in [5.41, 5.74) is 1.44. The fourth-order valence-corrected chi connectivity index (χ4v) is 5.40. The molecule has 3 aliphatic heterocycles. The van der Waals surface area contributed by atoms with E-state index < -0.39 is 12.0 Å². The van der Waals surface area contributed by atoms with Crippen LogP contribution in [0.4, 0.5) is 8.78 Å². The molecule has 1 aromatic carbocycles. The normalized spacial score (nSPS) is 24.9. The second-order valence-electron chi connectivity index (χ2n) is 10.8. The largest absolute Gasteiger partial charge is 0.365 e. The van der Waals surface area contributed by atoms with Crippen LogP contribution in [-0.2, 0) is 4.74 Å². The molecule has 0 amide bonds. The van der Waals surface area contributed by atoms with Crippen LogP contribution in [-0.4, -0.2) is 82.6 Å². The zero-order valence-electron chi connectivity index (χ0n) is 22.7. The molecule has 204 valence electrons. The summed E-state index contributed by atoms with van der Waals surface area (Å²) in [5, 5.41) is 3.14. The van der Waals surface area contributed by atoms with Gasteiger partial charge in [0.2, 0.25) is 5.96 Å². The lowest BCUT2D eigenvalue weighted by molar-refractivity contribution is -0.00329. The molecule has 38 heavy (non-hydrogen) atoms. The predicted molar refractivity (Wildman–Crippen MR) is 148 cm³/mol. The van der Waals surface area contributed by atoms with Crippen molar-refractivity contribution in [3.63, 3.8) is 0 Å². The van der Waals surface area contributed by atoms with Crippen molar-refractivity contribution in [3.05, 3.63) is 41.5 Å². The van der Waals surface area contributed by atoms with Gasteiger partial charge in [0, 0.05) is 37.0 Å². The van der Waals surface area contributed by atoms with Crippen molar-refractivity contribution in [1.29, 1.82) is 0 Å². The summed E-state index contributed by atoms with van der Waals surface area (Å²) >= 11 is 0. The van der Waals surface area contributed by atoms with Gasteiger partial charge in [-0.3, -0.25) is 4.99 Å². The van der Waals surface area contributed by atoms with Crippen LogP contribution in [0.5, 0.6) is 0 Å². The second-order valence-corrected chi connectivity index (χ2v) is 10.8. The van der Waals surface area contributed by atoms with Gasteiger partial charge in [-0.2, -0.15) is 0 Å². The topological polar surface area (TPSA) is 79.4 Å². The van der Waals surface area contributed by atoms with E-state index >= 15 is 0 Å². The second kappa shape index (κ2) is 11.0. The molecule has 0 radical (unpaired) electrons. The van der Waals surface area contributed by atoms with Gasteiger partial charge in [0.05, 0.1) is 23.9 Å². The molecule has 10 heteroatoms. The molecule has 3 unspecified atom stereocenters. The van der Waals surface area contributed by atoms with E-state index in [1.807, 2.05) is 37.5 Å². The van der Waals surface area contributed by atoms with Crippen molar-refractivity contribution < 1.29 is 13.5 Å². The Morgan fingerprint density at radius 1 is 1.08 bits per heavy atom. The first-order valence-corrected chi connectivity index (χ1v) is 13.5. The molecule has 0 bridgehead atoms. The summed E-state index contributed by atoms with van der Waals surface area (Å²) in [6, 6.07) is 3.71. The molecule has 0 saturated carbocycles. The molecular formula is C28H37F2N7O. The maximum absolute atomic E-state index is 15.0. The monoisotopic (exact) mass is 525 g/mol. The average Bonchev–Trinajstić information content (AvgIpc) is 3.23. The molecule has 4 heterocycles. The zero-order valence-corrected chi connectivity index (χ0v) is 22.7. The lowest BCUT2D eigenvalue weighted by atomic mass is 10.0. The molecule has 0 aliphatic carbocycles. The number of dihydropyridines is 1. The van der Waals surface area contributed by atoms with Crippen molar-refractivity contribution in [3.8, 4) is 0 Å². The van der Waals surface area contributed by atoms with Crippen molar-refractivity contribution >= 4 is 28.9 Å². The van der Waals surface area contributed by atoms with E-state index in [9.17, 15) is 8.78 Å². The third-order valence-electron chi connectivity index (χ3n) is 7.37. The van der Waals surface area contributed by atoms with Crippen molar-refractivity contribution in [2.45, 2.75) is 84.1 Å². The average molecular weight is 526 g/mol. The Balaban J connectivity index is 1.25. The molecule has 3 atom stereocenters. The first-order valence-electron chi connectivity index (χ1n) is 13.5. The number of aromatic nitrogens is 2. The van der Waals surface area contributed by atoms with E-state index in [1.54, 1.807) is 12.3 Å². The number of halogens is 2. The molecule has 1 saturated heterocycles. The van der Waals surface area contributed by atoms with Gasteiger partial charge in [-0.05, 0) is 65.7 Å². The van der Waals surface area contributed by atoms with E-state index in [0.717, 1.165) is 25.9 Å². The fraction of sp³-hybridized carbons (Fsp3) is 0.571. The lowest BCUT2D eigenvalue weighted by Crippen LogP contribution is -2.42. The number of fused-ring (bicyclic) bond motifs is 1. The lowest BCUT2D eigenvalue weighted by Gasteiger charge is -2.35. The van der Waals surface area contributed by atoms with Crippen LogP contribution in [0.1, 0.15) is 58.0 Å². The quantitative estimate of drug-likeness (QED) is 0.568. The van der Waals surface area contributed by atoms with Gasteiger partial charge in [0.15, 0.2) is 12.0 Å². The van der Waals surface area contributed by atoms with Gasteiger partial charge < -0.3 is 19.5 Å². The van der Waals surface area contributed by atoms with Crippen molar-refractivity contribution in [2.24, 2.45) is 15.0 Å². The van der Waals surface area contributed by atoms with Crippen LogP contribution in [0.3, 0.4) is 0 Å². The van der Waals surface area contributed by atoms with E-state index in [1.165, 1.54) is 6.07 Å². The molecule has 0 spiro atoms. The summed E-state index contributed by atoms with van der Waals surface area (Å²) < 4.78 is 38.1. The number of aliphatic imine (C=N–C) groups is 3. The summed E-state index contributed by atoms with van der Waals surface area (Å²) in [7, 11) is 0. The third kappa shape index (κ3) is 5.56. The van der Waals surface area contributed by atoms with Crippen molar-refractivity contribution in [2.75, 3.05) is 19.6 Å². The van der Waals surface area contributed by atoms with Crippen LogP contribution in [0.2, 0.25) is 0 Å². The number of guanidine groups is 1.